The molecule has 0 fully saturated rings. The Balaban J connectivity index is 2.58. The summed E-state index contributed by atoms with van der Waals surface area (Å²) in [4.78, 5) is 25.3. The first-order chi connectivity index (χ1) is 10.2. The minimum Gasteiger partial charge on any atom is -0.497 e. The summed E-state index contributed by atoms with van der Waals surface area (Å²) in [5, 5.41) is 2.90. The lowest BCUT2D eigenvalue weighted by Gasteiger charge is -2.24. The molecular formula is C17H26N2O3. The first kappa shape index (κ1) is 18.0. The summed E-state index contributed by atoms with van der Waals surface area (Å²) in [6.45, 7) is 8.22. The zero-order valence-corrected chi connectivity index (χ0v) is 14.1. The molecule has 0 saturated carbocycles. The van der Waals surface area contributed by atoms with Gasteiger partial charge in [-0.1, -0.05) is 12.1 Å². The molecule has 1 aromatic rings. The third-order valence-corrected chi connectivity index (χ3v) is 3.10. The molecule has 0 saturated heterocycles. The van der Waals surface area contributed by atoms with Crippen LogP contribution in [-0.4, -0.2) is 35.9 Å². The molecule has 122 valence electrons. The minimum atomic E-state index is -0.256. The van der Waals surface area contributed by atoms with Gasteiger partial charge in [-0.05, 0) is 38.5 Å². The molecule has 1 N–H and O–H groups in total. The Bertz CT molecular complexity index is 504. The smallest absolute Gasteiger partial charge is 0.222 e. The maximum Gasteiger partial charge on any atom is 0.222 e. The van der Waals surface area contributed by atoms with E-state index in [0.717, 1.165) is 11.3 Å². The van der Waals surface area contributed by atoms with Gasteiger partial charge >= 0.3 is 0 Å². The fourth-order valence-electron chi connectivity index (χ4n) is 2.02. The fourth-order valence-corrected chi connectivity index (χ4v) is 2.02. The number of hydrogen-bond donors (Lipinski definition) is 1. The largest absolute Gasteiger partial charge is 0.497 e. The molecular weight excluding hydrogens is 280 g/mol. The van der Waals surface area contributed by atoms with Crippen LogP contribution in [0.3, 0.4) is 0 Å². The molecule has 0 heterocycles. The molecule has 0 radical (unpaired) electrons. The Hall–Kier alpha value is -2.04. The van der Waals surface area contributed by atoms with E-state index < -0.39 is 0 Å². The number of carbonyl (C=O) groups is 2. The average Bonchev–Trinajstić information content (AvgIpc) is 2.41. The molecule has 5 nitrogen and oxygen atoms in total. The third kappa shape index (κ3) is 6.61. The molecule has 0 aromatic heterocycles. The van der Waals surface area contributed by atoms with Gasteiger partial charge in [0.15, 0.2) is 0 Å². The zero-order chi connectivity index (χ0) is 16.8. The summed E-state index contributed by atoms with van der Waals surface area (Å²) in [5.74, 6) is 0.690. The summed E-state index contributed by atoms with van der Waals surface area (Å²) < 4.78 is 5.11. The van der Waals surface area contributed by atoms with Crippen LogP contribution >= 0.6 is 0 Å². The van der Waals surface area contributed by atoms with Gasteiger partial charge in [-0.2, -0.15) is 0 Å². The number of hydrogen-bond acceptors (Lipinski definition) is 3. The van der Waals surface area contributed by atoms with Crippen molar-refractivity contribution in [2.45, 2.75) is 46.2 Å². The molecule has 5 heteroatoms. The Morgan fingerprint density at radius 2 is 1.77 bits per heavy atom. The first-order valence-electron chi connectivity index (χ1n) is 7.41. The lowest BCUT2D eigenvalue weighted by Crippen LogP contribution is -2.42. The Labute approximate surface area is 132 Å². The number of nitrogens with zero attached hydrogens (tertiary/aromatic N) is 1. The van der Waals surface area contributed by atoms with E-state index in [1.165, 1.54) is 6.92 Å². The number of amides is 2. The highest BCUT2D eigenvalue weighted by molar-refractivity contribution is 5.78. The maximum atomic E-state index is 11.9. The highest BCUT2D eigenvalue weighted by Crippen LogP contribution is 2.13. The van der Waals surface area contributed by atoms with Crippen LogP contribution in [0.15, 0.2) is 24.3 Å². The van der Waals surface area contributed by atoms with Gasteiger partial charge in [0, 0.05) is 32.0 Å². The number of ether oxygens (including phenoxy) is 1. The van der Waals surface area contributed by atoms with E-state index in [2.05, 4.69) is 5.32 Å². The summed E-state index contributed by atoms with van der Waals surface area (Å²) in [6, 6.07) is 7.56. The monoisotopic (exact) mass is 306 g/mol. The second-order valence-corrected chi connectivity index (χ2v) is 6.34. The van der Waals surface area contributed by atoms with Crippen molar-refractivity contribution in [3.05, 3.63) is 29.8 Å². The zero-order valence-electron chi connectivity index (χ0n) is 14.1. The Morgan fingerprint density at radius 1 is 1.18 bits per heavy atom. The van der Waals surface area contributed by atoms with E-state index in [1.807, 2.05) is 45.0 Å². The van der Waals surface area contributed by atoms with E-state index in [0.29, 0.717) is 19.5 Å². The van der Waals surface area contributed by atoms with E-state index in [-0.39, 0.29) is 17.4 Å². The van der Waals surface area contributed by atoms with E-state index >= 15 is 0 Å². The van der Waals surface area contributed by atoms with Gasteiger partial charge in [-0.25, -0.2) is 0 Å². The quantitative estimate of drug-likeness (QED) is 0.877. The van der Waals surface area contributed by atoms with Crippen LogP contribution < -0.4 is 10.1 Å². The number of carbonyl (C=O) groups excluding carboxylic acids is 2. The van der Waals surface area contributed by atoms with Crippen LogP contribution in [0.2, 0.25) is 0 Å². The van der Waals surface area contributed by atoms with E-state index in [4.69, 9.17) is 4.74 Å². The van der Waals surface area contributed by atoms with Gasteiger partial charge in [0.05, 0.1) is 7.11 Å². The summed E-state index contributed by atoms with van der Waals surface area (Å²) in [6.07, 6.45) is 0.299. The van der Waals surface area contributed by atoms with Gasteiger partial charge in [0.1, 0.15) is 5.75 Å². The molecule has 0 aliphatic rings. The lowest BCUT2D eigenvalue weighted by atomic mass is 10.1. The van der Waals surface area contributed by atoms with Gasteiger partial charge < -0.3 is 15.0 Å². The molecule has 0 unspecified atom stereocenters. The Kier molecular flexibility index (Phi) is 6.40. The van der Waals surface area contributed by atoms with Crippen LogP contribution in [0, 0.1) is 0 Å². The van der Waals surface area contributed by atoms with Crippen LogP contribution in [-0.2, 0) is 16.1 Å². The predicted octanol–water partition coefficient (Wildman–Crippen LogP) is 2.35. The molecule has 0 spiro atoms. The molecule has 22 heavy (non-hydrogen) atoms. The number of benzene rings is 1. The average molecular weight is 306 g/mol. The topological polar surface area (TPSA) is 58.6 Å². The number of nitrogens with one attached hydrogen (secondary N) is 1. The van der Waals surface area contributed by atoms with Crippen molar-refractivity contribution < 1.29 is 14.3 Å². The number of methoxy groups -OCH3 is 1. The first-order valence-corrected chi connectivity index (χ1v) is 7.41. The summed E-state index contributed by atoms with van der Waals surface area (Å²) in [7, 11) is 1.62. The van der Waals surface area contributed by atoms with Crippen LogP contribution in [0.1, 0.15) is 39.7 Å². The van der Waals surface area contributed by atoms with Crippen molar-refractivity contribution in [2.75, 3.05) is 13.7 Å². The lowest BCUT2D eigenvalue weighted by molar-refractivity contribution is -0.130. The summed E-state index contributed by atoms with van der Waals surface area (Å²) >= 11 is 0. The van der Waals surface area contributed by atoms with Gasteiger partial charge in [0.2, 0.25) is 11.8 Å². The van der Waals surface area contributed by atoms with Gasteiger partial charge in [0.25, 0.3) is 0 Å². The third-order valence-electron chi connectivity index (χ3n) is 3.10. The molecule has 1 aromatic carbocycles. The van der Waals surface area contributed by atoms with E-state index in [9.17, 15) is 9.59 Å². The van der Waals surface area contributed by atoms with Crippen molar-refractivity contribution in [3.63, 3.8) is 0 Å². The number of rotatable bonds is 6. The van der Waals surface area contributed by atoms with Crippen LogP contribution in [0.5, 0.6) is 5.75 Å². The molecule has 1 rings (SSSR count). The second kappa shape index (κ2) is 7.82. The maximum absolute atomic E-state index is 11.9. The fraction of sp³-hybridized carbons (Fsp3) is 0.529. The van der Waals surface area contributed by atoms with Crippen LogP contribution in [0.25, 0.3) is 0 Å². The highest BCUT2D eigenvalue weighted by Gasteiger charge is 2.16. The van der Waals surface area contributed by atoms with Gasteiger partial charge in [-0.3, -0.25) is 9.59 Å². The molecule has 2 amide bonds. The summed E-state index contributed by atoms with van der Waals surface area (Å²) in [5.41, 5.74) is 0.751. The SMILES string of the molecule is COc1ccc(CN(CCC(=O)NC(C)(C)C)C(C)=O)cc1. The minimum absolute atomic E-state index is 0.0422. The normalized spacial score (nSPS) is 11.0. The standard InChI is InChI=1S/C17H26N2O3/c1-13(20)19(11-10-16(21)18-17(2,3)4)12-14-6-8-15(22-5)9-7-14/h6-9H,10-12H2,1-5H3,(H,18,21). The second-order valence-electron chi connectivity index (χ2n) is 6.34. The highest BCUT2D eigenvalue weighted by atomic mass is 16.5. The van der Waals surface area contributed by atoms with Crippen LogP contribution in [0.4, 0.5) is 0 Å². The molecule has 0 atom stereocenters. The van der Waals surface area contributed by atoms with Crippen molar-refractivity contribution in [1.82, 2.24) is 10.2 Å². The van der Waals surface area contributed by atoms with E-state index in [1.54, 1.807) is 12.0 Å². The van der Waals surface area contributed by atoms with Crippen molar-refractivity contribution >= 4 is 11.8 Å². The predicted molar refractivity (Wildman–Crippen MR) is 86.6 cm³/mol. The van der Waals surface area contributed by atoms with Crippen molar-refractivity contribution in [1.29, 1.82) is 0 Å². The molecule has 0 aliphatic carbocycles. The molecule has 0 aliphatic heterocycles. The Morgan fingerprint density at radius 3 is 2.23 bits per heavy atom. The van der Waals surface area contributed by atoms with Gasteiger partial charge in [-0.15, -0.1) is 0 Å². The molecule has 0 bridgehead atoms. The van der Waals surface area contributed by atoms with Crippen molar-refractivity contribution in [3.8, 4) is 5.75 Å². The van der Waals surface area contributed by atoms with Crippen molar-refractivity contribution in [2.24, 2.45) is 0 Å².